The van der Waals surface area contributed by atoms with Gasteiger partial charge in [-0.1, -0.05) is 20.3 Å². The van der Waals surface area contributed by atoms with Gasteiger partial charge in [0.15, 0.2) is 0 Å². The van der Waals surface area contributed by atoms with Gasteiger partial charge in [-0.2, -0.15) is 0 Å². The summed E-state index contributed by atoms with van der Waals surface area (Å²) in [6.45, 7) is 7.77. The van der Waals surface area contributed by atoms with Gasteiger partial charge in [0.2, 0.25) is 0 Å². The Kier molecular flexibility index (Phi) is 5.09. The van der Waals surface area contributed by atoms with Crippen molar-refractivity contribution in [3.8, 4) is 0 Å². The van der Waals surface area contributed by atoms with Crippen LogP contribution in [0.15, 0.2) is 12.5 Å². The van der Waals surface area contributed by atoms with Gasteiger partial charge < -0.3 is 9.47 Å². The molecule has 1 aromatic rings. The monoisotopic (exact) mass is 358 g/mol. The summed E-state index contributed by atoms with van der Waals surface area (Å²) >= 11 is 0. The Hall–Kier alpha value is -1.36. The fourth-order valence-corrected chi connectivity index (χ4v) is 5.66. The number of rotatable bonds is 4. The molecule has 26 heavy (non-hydrogen) atoms. The zero-order valence-electron chi connectivity index (χ0n) is 16.6. The molecule has 1 aromatic heterocycles. The second kappa shape index (κ2) is 7.34. The van der Waals surface area contributed by atoms with Crippen LogP contribution in [0.3, 0.4) is 0 Å². The molecule has 4 atom stereocenters. The molecule has 3 fully saturated rings. The summed E-state index contributed by atoms with van der Waals surface area (Å²) in [6.07, 6.45) is 11.5. The SMILES string of the molecule is CC(C)CC[C@H]1[C@H]2C[C@H](CN(C(=O)c3cn(C)cn3)C2)[C@@H]2CCCCN21. The predicted molar refractivity (Wildman–Crippen MR) is 103 cm³/mol. The van der Waals surface area contributed by atoms with Gasteiger partial charge in [0.05, 0.1) is 6.33 Å². The second-order valence-electron chi connectivity index (χ2n) is 9.23. The molecular weight excluding hydrogens is 324 g/mol. The van der Waals surface area contributed by atoms with Gasteiger partial charge in [0.25, 0.3) is 5.91 Å². The highest BCUT2D eigenvalue weighted by molar-refractivity contribution is 5.92. The third kappa shape index (κ3) is 3.42. The topological polar surface area (TPSA) is 41.4 Å². The van der Waals surface area contributed by atoms with E-state index in [0.29, 0.717) is 29.6 Å². The largest absolute Gasteiger partial charge is 0.340 e. The number of amides is 1. The van der Waals surface area contributed by atoms with Crippen LogP contribution in [0, 0.1) is 17.8 Å². The van der Waals surface area contributed by atoms with Crippen LogP contribution in [0.2, 0.25) is 0 Å². The van der Waals surface area contributed by atoms with Crippen molar-refractivity contribution in [1.29, 1.82) is 0 Å². The number of fused-ring (bicyclic) bond motifs is 4. The lowest BCUT2D eigenvalue weighted by atomic mass is 9.71. The summed E-state index contributed by atoms with van der Waals surface area (Å²) in [4.78, 5) is 22.3. The lowest BCUT2D eigenvalue weighted by Crippen LogP contribution is -2.64. The molecule has 3 aliphatic rings. The molecule has 5 nitrogen and oxygen atoms in total. The molecule has 5 heteroatoms. The fraction of sp³-hybridized carbons (Fsp3) is 0.810. The zero-order valence-corrected chi connectivity index (χ0v) is 16.6. The quantitative estimate of drug-likeness (QED) is 0.830. The number of nitrogens with zero attached hydrogens (tertiary/aromatic N) is 4. The average Bonchev–Trinajstić information content (AvgIpc) is 3.07. The minimum Gasteiger partial charge on any atom is -0.340 e. The van der Waals surface area contributed by atoms with Crippen LogP contribution in [0.1, 0.15) is 62.9 Å². The molecule has 0 radical (unpaired) electrons. The number of imidazole rings is 1. The number of aromatic nitrogens is 2. The fourth-order valence-electron chi connectivity index (χ4n) is 5.66. The van der Waals surface area contributed by atoms with Gasteiger partial charge in [-0.05, 0) is 56.4 Å². The van der Waals surface area contributed by atoms with Crippen LogP contribution in [-0.4, -0.2) is 57.0 Å². The zero-order chi connectivity index (χ0) is 18.3. The van der Waals surface area contributed by atoms with E-state index in [1.54, 1.807) is 6.33 Å². The third-order valence-electron chi connectivity index (χ3n) is 6.87. The lowest BCUT2D eigenvalue weighted by molar-refractivity contribution is -0.0682. The Labute approximate surface area is 157 Å². The number of carbonyl (C=O) groups excluding carboxylic acids is 1. The van der Waals surface area contributed by atoms with Crippen molar-refractivity contribution in [3.05, 3.63) is 18.2 Å². The summed E-state index contributed by atoms with van der Waals surface area (Å²) in [6, 6.07) is 1.36. The number of likely N-dealkylation sites (tertiary alicyclic amines) is 1. The van der Waals surface area contributed by atoms with Crippen LogP contribution >= 0.6 is 0 Å². The van der Waals surface area contributed by atoms with E-state index in [1.807, 2.05) is 17.8 Å². The normalized spacial score (nSPS) is 31.9. The van der Waals surface area contributed by atoms with Gasteiger partial charge in [-0.25, -0.2) is 4.98 Å². The molecule has 4 rings (SSSR count). The summed E-state index contributed by atoms with van der Waals surface area (Å²) in [5, 5.41) is 0. The minimum atomic E-state index is 0.132. The van der Waals surface area contributed by atoms with Gasteiger partial charge in [0, 0.05) is 38.4 Å². The van der Waals surface area contributed by atoms with Crippen molar-refractivity contribution < 1.29 is 4.79 Å². The molecule has 1 amide bonds. The molecule has 0 unspecified atom stereocenters. The van der Waals surface area contributed by atoms with E-state index in [1.165, 1.54) is 45.1 Å². The van der Waals surface area contributed by atoms with Crippen molar-refractivity contribution in [1.82, 2.24) is 19.4 Å². The molecule has 0 spiro atoms. The predicted octanol–water partition coefficient (Wildman–Crippen LogP) is 3.17. The number of hydrogen-bond donors (Lipinski definition) is 0. The van der Waals surface area contributed by atoms with E-state index >= 15 is 0 Å². The van der Waals surface area contributed by atoms with Crippen LogP contribution in [0.5, 0.6) is 0 Å². The van der Waals surface area contributed by atoms with Gasteiger partial charge >= 0.3 is 0 Å². The highest BCUT2D eigenvalue weighted by Crippen LogP contribution is 2.42. The Morgan fingerprint density at radius 3 is 2.81 bits per heavy atom. The smallest absolute Gasteiger partial charge is 0.274 e. The molecule has 144 valence electrons. The summed E-state index contributed by atoms with van der Waals surface area (Å²) in [7, 11) is 1.93. The van der Waals surface area contributed by atoms with Crippen LogP contribution in [0.4, 0.5) is 0 Å². The maximum Gasteiger partial charge on any atom is 0.274 e. The van der Waals surface area contributed by atoms with Gasteiger partial charge in [-0.15, -0.1) is 0 Å². The Balaban J connectivity index is 1.54. The van der Waals surface area contributed by atoms with Crippen LogP contribution in [0.25, 0.3) is 0 Å². The molecule has 2 bridgehead atoms. The lowest BCUT2D eigenvalue weighted by Gasteiger charge is -2.57. The maximum atomic E-state index is 13.0. The number of hydrogen-bond acceptors (Lipinski definition) is 3. The van der Waals surface area contributed by atoms with E-state index in [0.717, 1.165) is 19.0 Å². The maximum absolute atomic E-state index is 13.0. The molecule has 0 aliphatic carbocycles. The number of carbonyl (C=O) groups is 1. The third-order valence-corrected chi connectivity index (χ3v) is 6.87. The molecule has 3 aliphatic heterocycles. The highest BCUT2D eigenvalue weighted by Gasteiger charge is 2.47. The second-order valence-corrected chi connectivity index (χ2v) is 9.23. The minimum absolute atomic E-state index is 0.132. The van der Waals surface area contributed by atoms with Crippen molar-refractivity contribution in [3.63, 3.8) is 0 Å². The summed E-state index contributed by atoms with van der Waals surface area (Å²) in [5.74, 6) is 2.17. The first-order valence-corrected chi connectivity index (χ1v) is 10.6. The Morgan fingerprint density at radius 1 is 1.27 bits per heavy atom. The Bertz CT molecular complexity index is 640. The van der Waals surface area contributed by atoms with Crippen molar-refractivity contribution in [2.45, 2.75) is 64.5 Å². The number of aryl methyl sites for hydroxylation is 1. The Morgan fingerprint density at radius 2 is 2.08 bits per heavy atom. The van der Waals surface area contributed by atoms with E-state index < -0.39 is 0 Å². The molecular formula is C21H34N4O. The molecule has 4 heterocycles. The van der Waals surface area contributed by atoms with E-state index in [2.05, 4.69) is 28.6 Å². The summed E-state index contributed by atoms with van der Waals surface area (Å²) < 4.78 is 1.87. The van der Waals surface area contributed by atoms with E-state index in [9.17, 15) is 4.79 Å². The van der Waals surface area contributed by atoms with Gasteiger partial charge in [0.1, 0.15) is 5.69 Å². The van der Waals surface area contributed by atoms with Crippen LogP contribution < -0.4 is 0 Å². The van der Waals surface area contributed by atoms with Gasteiger partial charge in [-0.3, -0.25) is 9.69 Å². The average molecular weight is 359 g/mol. The standard InChI is InChI=1S/C21H34N4O/c1-15(2)7-8-20-17-10-16(19-6-4-5-9-25(19)20)11-24(12-17)21(26)18-13-23(3)14-22-18/h13-17,19-20H,4-12H2,1-3H3/t16-,17+,19+,20+/m1/s1. The van der Waals surface area contributed by atoms with E-state index in [-0.39, 0.29) is 5.91 Å². The molecule has 0 N–H and O–H groups in total. The molecule has 3 saturated heterocycles. The number of piperidine rings is 3. The van der Waals surface area contributed by atoms with Crippen LogP contribution in [-0.2, 0) is 7.05 Å². The van der Waals surface area contributed by atoms with Crippen molar-refractivity contribution in [2.24, 2.45) is 24.8 Å². The first kappa shape index (κ1) is 18.0. The molecule has 0 aromatic carbocycles. The van der Waals surface area contributed by atoms with Crippen molar-refractivity contribution in [2.75, 3.05) is 19.6 Å². The van der Waals surface area contributed by atoms with E-state index in [4.69, 9.17) is 0 Å². The first-order valence-electron chi connectivity index (χ1n) is 10.6. The highest BCUT2D eigenvalue weighted by atomic mass is 16.2. The van der Waals surface area contributed by atoms with Crippen molar-refractivity contribution >= 4 is 5.91 Å². The molecule has 0 saturated carbocycles. The summed E-state index contributed by atoms with van der Waals surface area (Å²) in [5.41, 5.74) is 0.603. The first-order chi connectivity index (χ1) is 12.5.